The van der Waals surface area contributed by atoms with E-state index in [1.807, 2.05) is 0 Å². The van der Waals surface area contributed by atoms with Gasteiger partial charge in [-0.05, 0) is 25.7 Å². The molecule has 0 fully saturated rings. The molecule has 0 spiro atoms. The number of hydrogen-bond donors (Lipinski definition) is 2. The lowest BCUT2D eigenvalue weighted by atomic mass is 10.1. The van der Waals surface area contributed by atoms with Crippen LogP contribution >= 0.6 is 0 Å². The van der Waals surface area contributed by atoms with E-state index in [0.29, 0.717) is 0 Å². The van der Waals surface area contributed by atoms with Crippen LogP contribution in [0, 0.1) is 0 Å². The lowest BCUT2D eigenvalue weighted by molar-refractivity contribution is -0.369. The highest BCUT2D eigenvalue weighted by molar-refractivity contribution is 4.42. The quantitative estimate of drug-likeness (QED) is 0.468. The van der Waals surface area contributed by atoms with E-state index >= 15 is 0 Å². The fourth-order valence-electron chi connectivity index (χ4n) is 1.06. The average molecular weight is 146 g/mol. The average Bonchev–Trinajstić information content (AvgIpc) is 1.97. The minimum atomic E-state index is 1.11. The van der Waals surface area contributed by atoms with Crippen LogP contribution in [-0.2, 0) is 0 Å². The maximum atomic E-state index is 3.81. The highest BCUT2D eigenvalue weighted by Crippen LogP contribution is 2.02. The van der Waals surface area contributed by atoms with Gasteiger partial charge in [-0.25, -0.2) is 0 Å². The summed E-state index contributed by atoms with van der Waals surface area (Å²) in [5, 5.41) is 0. The first-order valence-electron chi connectivity index (χ1n) is 4.50. The van der Waals surface area contributed by atoms with Crippen molar-refractivity contribution in [1.29, 1.82) is 0 Å². The topological polar surface area (TPSA) is 55.3 Å². The number of quaternary nitrogens is 2. The Morgan fingerprint density at radius 2 is 0.800 bits per heavy atom. The van der Waals surface area contributed by atoms with Crippen molar-refractivity contribution in [2.24, 2.45) is 0 Å². The summed E-state index contributed by atoms with van der Waals surface area (Å²) in [5.41, 5.74) is 7.62. The summed E-state index contributed by atoms with van der Waals surface area (Å²) in [6, 6.07) is 0. The second-order valence-electron chi connectivity index (χ2n) is 2.83. The molecule has 0 unspecified atom stereocenters. The fourth-order valence-corrected chi connectivity index (χ4v) is 1.06. The predicted molar refractivity (Wildman–Crippen MR) is 43.2 cm³/mol. The molecule has 62 valence electrons. The van der Waals surface area contributed by atoms with Gasteiger partial charge in [-0.1, -0.05) is 12.8 Å². The molecule has 0 aromatic heterocycles. The van der Waals surface area contributed by atoms with Crippen LogP contribution in [0.2, 0.25) is 0 Å². The Morgan fingerprint density at radius 1 is 0.500 bits per heavy atom. The summed E-state index contributed by atoms with van der Waals surface area (Å²) >= 11 is 0. The van der Waals surface area contributed by atoms with Crippen molar-refractivity contribution in [2.75, 3.05) is 13.1 Å². The van der Waals surface area contributed by atoms with Crippen molar-refractivity contribution in [3.05, 3.63) is 0 Å². The molecule has 0 amide bonds. The molecular weight excluding hydrogens is 124 g/mol. The standard InChI is InChI=1S/C8H20N2/c9-7-5-3-1-2-4-6-8-10/h1-10H2/p+2. The maximum absolute atomic E-state index is 3.81. The van der Waals surface area contributed by atoms with Crippen molar-refractivity contribution >= 4 is 0 Å². The minimum absolute atomic E-state index is 1.11. The van der Waals surface area contributed by atoms with E-state index in [4.69, 9.17) is 0 Å². The highest BCUT2D eigenvalue weighted by atomic mass is 14.5. The van der Waals surface area contributed by atoms with Crippen LogP contribution in [-0.4, -0.2) is 13.1 Å². The van der Waals surface area contributed by atoms with Crippen LogP contribution in [0.1, 0.15) is 38.5 Å². The second kappa shape index (κ2) is 8.92. The summed E-state index contributed by atoms with van der Waals surface area (Å²) in [6.45, 7) is 2.21. The second-order valence-corrected chi connectivity index (χ2v) is 2.83. The molecule has 0 bridgehead atoms. The molecule has 0 rings (SSSR count). The Labute approximate surface area is 64.0 Å². The van der Waals surface area contributed by atoms with Crippen LogP contribution in [0.3, 0.4) is 0 Å². The molecular formula is C8H22N2+2. The van der Waals surface area contributed by atoms with Gasteiger partial charge in [-0.3, -0.25) is 0 Å². The zero-order chi connectivity index (χ0) is 7.66. The van der Waals surface area contributed by atoms with Crippen molar-refractivity contribution < 1.29 is 11.5 Å². The van der Waals surface area contributed by atoms with Gasteiger partial charge in [0.05, 0.1) is 13.1 Å². The van der Waals surface area contributed by atoms with Gasteiger partial charge in [0, 0.05) is 0 Å². The zero-order valence-electron chi connectivity index (χ0n) is 7.07. The summed E-state index contributed by atoms with van der Waals surface area (Å²) in [7, 11) is 0. The van der Waals surface area contributed by atoms with Gasteiger partial charge in [0.1, 0.15) is 0 Å². The van der Waals surface area contributed by atoms with E-state index in [2.05, 4.69) is 11.5 Å². The Morgan fingerprint density at radius 3 is 1.10 bits per heavy atom. The molecule has 0 aliphatic carbocycles. The van der Waals surface area contributed by atoms with Crippen LogP contribution < -0.4 is 11.5 Å². The SMILES string of the molecule is [NH3+]CCCCCCCC[NH3+]. The molecule has 0 aliphatic rings. The van der Waals surface area contributed by atoms with Gasteiger partial charge in [0.15, 0.2) is 0 Å². The smallest absolute Gasteiger partial charge is 0.0739 e. The third-order valence-corrected chi connectivity index (χ3v) is 1.75. The van der Waals surface area contributed by atoms with Crippen LogP contribution in [0.15, 0.2) is 0 Å². The van der Waals surface area contributed by atoms with E-state index in [0.717, 1.165) is 13.1 Å². The first-order valence-corrected chi connectivity index (χ1v) is 4.50. The van der Waals surface area contributed by atoms with Gasteiger partial charge in [0.2, 0.25) is 0 Å². The lowest BCUT2D eigenvalue weighted by Crippen LogP contribution is -2.50. The Kier molecular flexibility index (Phi) is 8.85. The molecule has 0 heterocycles. The number of unbranched alkanes of at least 4 members (excludes halogenated alkanes) is 5. The van der Waals surface area contributed by atoms with Gasteiger partial charge >= 0.3 is 0 Å². The molecule has 10 heavy (non-hydrogen) atoms. The first-order chi connectivity index (χ1) is 4.91. The predicted octanol–water partition coefficient (Wildman–Crippen LogP) is -0.189. The summed E-state index contributed by atoms with van der Waals surface area (Å²) < 4.78 is 0. The van der Waals surface area contributed by atoms with E-state index in [1.165, 1.54) is 38.5 Å². The molecule has 6 N–H and O–H groups in total. The van der Waals surface area contributed by atoms with Crippen LogP contribution in [0.4, 0.5) is 0 Å². The molecule has 0 aliphatic heterocycles. The summed E-state index contributed by atoms with van der Waals surface area (Å²) in [5.74, 6) is 0. The highest BCUT2D eigenvalue weighted by Gasteiger charge is 1.89. The molecule has 0 radical (unpaired) electrons. The molecule has 0 atom stereocenters. The summed E-state index contributed by atoms with van der Waals surface area (Å²) in [4.78, 5) is 0. The largest absolute Gasteiger partial charge is 0.358 e. The molecule has 0 aromatic rings. The lowest BCUT2D eigenvalue weighted by Gasteiger charge is -1.96. The summed E-state index contributed by atoms with van der Waals surface area (Å²) in [6.07, 6.45) is 8.17. The van der Waals surface area contributed by atoms with Crippen LogP contribution in [0.25, 0.3) is 0 Å². The Balaban J connectivity index is 2.65. The third-order valence-electron chi connectivity index (χ3n) is 1.75. The van der Waals surface area contributed by atoms with Crippen molar-refractivity contribution in [2.45, 2.75) is 38.5 Å². The maximum Gasteiger partial charge on any atom is 0.0739 e. The first kappa shape index (κ1) is 9.92. The van der Waals surface area contributed by atoms with Crippen molar-refractivity contribution in [3.63, 3.8) is 0 Å². The van der Waals surface area contributed by atoms with E-state index < -0.39 is 0 Å². The molecule has 2 heteroatoms. The molecule has 0 aromatic carbocycles. The number of hydrogen-bond acceptors (Lipinski definition) is 0. The van der Waals surface area contributed by atoms with Gasteiger partial charge < -0.3 is 11.5 Å². The molecule has 2 nitrogen and oxygen atoms in total. The van der Waals surface area contributed by atoms with Crippen molar-refractivity contribution in [3.8, 4) is 0 Å². The van der Waals surface area contributed by atoms with Crippen LogP contribution in [0.5, 0.6) is 0 Å². The number of rotatable bonds is 7. The monoisotopic (exact) mass is 146 g/mol. The minimum Gasteiger partial charge on any atom is -0.358 e. The van der Waals surface area contributed by atoms with Gasteiger partial charge in [-0.15, -0.1) is 0 Å². The Hall–Kier alpha value is -0.0800. The van der Waals surface area contributed by atoms with E-state index in [9.17, 15) is 0 Å². The molecule has 0 saturated carbocycles. The zero-order valence-corrected chi connectivity index (χ0v) is 7.07. The van der Waals surface area contributed by atoms with E-state index in [-0.39, 0.29) is 0 Å². The van der Waals surface area contributed by atoms with Gasteiger partial charge in [0.25, 0.3) is 0 Å². The Bertz CT molecular complexity index is 47.2. The van der Waals surface area contributed by atoms with E-state index in [1.54, 1.807) is 0 Å². The third kappa shape index (κ3) is 7.92. The molecule has 0 saturated heterocycles. The fraction of sp³-hybridized carbons (Fsp3) is 1.00. The van der Waals surface area contributed by atoms with Crippen molar-refractivity contribution in [1.82, 2.24) is 0 Å². The normalized spacial score (nSPS) is 10.2. The van der Waals surface area contributed by atoms with Gasteiger partial charge in [-0.2, -0.15) is 0 Å².